The first kappa shape index (κ1) is 17.3. The Labute approximate surface area is 159 Å². The quantitative estimate of drug-likeness (QED) is 0.755. The average Bonchev–Trinajstić information content (AvgIpc) is 3.40. The van der Waals surface area contributed by atoms with Crippen molar-refractivity contribution in [3.8, 4) is 5.69 Å². The maximum absolute atomic E-state index is 12.9. The van der Waals surface area contributed by atoms with Crippen molar-refractivity contribution in [3.63, 3.8) is 0 Å². The maximum Gasteiger partial charge on any atom is 0.253 e. The number of pyridine rings is 1. The van der Waals surface area contributed by atoms with Crippen molar-refractivity contribution in [2.24, 2.45) is 0 Å². The lowest BCUT2D eigenvalue weighted by molar-refractivity contribution is 0.0951. The number of amides is 1. The molecular weight excluding hydrogens is 336 g/mol. The van der Waals surface area contributed by atoms with Crippen molar-refractivity contribution in [1.82, 2.24) is 14.9 Å². The van der Waals surface area contributed by atoms with Gasteiger partial charge in [-0.1, -0.05) is 11.6 Å². The molecule has 3 heterocycles. The molecule has 2 aromatic heterocycles. The number of carbonyl (C=O) groups is 1. The molecule has 1 aliphatic rings. The summed E-state index contributed by atoms with van der Waals surface area (Å²) in [6.07, 6.45) is 8.17. The Bertz CT molecular complexity index is 927. The van der Waals surface area contributed by atoms with Crippen LogP contribution in [0.4, 0.5) is 5.82 Å². The van der Waals surface area contributed by atoms with E-state index in [4.69, 9.17) is 0 Å². The van der Waals surface area contributed by atoms with Crippen LogP contribution in [0.25, 0.3) is 5.69 Å². The molecule has 1 N–H and O–H groups in total. The molecule has 0 radical (unpaired) electrons. The summed E-state index contributed by atoms with van der Waals surface area (Å²) in [6.45, 7) is 4.61. The Kier molecular flexibility index (Phi) is 4.92. The van der Waals surface area contributed by atoms with Crippen LogP contribution in [0, 0.1) is 6.92 Å². The van der Waals surface area contributed by atoms with Crippen LogP contribution in [0.1, 0.15) is 34.3 Å². The zero-order chi connectivity index (χ0) is 18.6. The molecule has 1 saturated heterocycles. The van der Waals surface area contributed by atoms with Gasteiger partial charge in [-0.2, -0.15) is 0 Å². The molecule has 1 fully saturated rings. The molecule has 27 heavy (non-hydrogen) atoms. The van der Waals surface area contributed by atoms with Gasteiger partial charge in [-0.05, 0) is 61.7 Å². The molecule has 0 unspecified atom stereocenters. The van der Waals surface area contributed by atoms with E-state index >= 15 is 0 Å². The first-order valence-electron chi connectivity index (χ1n) is 9.43. The van der Waals surface area contributed by atoms with Gasteiger partial charge in [0.1, 0.15) is 5.82 Å². The molecule has 138 valence electrons. The number of rotatable bonds is 5. The molecule has 0 spiro atoms. The number of aromatic nitrogens is 2. The van der Waals surface area contributed by atoms with E-state index in [2.05, 4.69) is 21.3 Å². The van der Waals surface area contributed by atoms with Gasteiger partial charge in [0.2, 0.25) is 0 Å². The van der Waals surface area contributed by atoms with Gasteiger partial charge >= 0.3 is 0 Å². The smallest absolute Gasteiger partial charge is 0.253 e. The fraction of sp³-hybridized carbons (Fsp3) is 0.273. The van der Waals surface area contributed by atoms with E-state index in [9.17, 15) is 4.79 Å². The van der Waals surface area contributed by atoms with Gasteiger partial charge in [0, 0.05) is 38.2 Å². The number of hydrogen-bond acceptors (Lipinski definition) is 3. The summed E-state index contributed by atoms with van der Waals surface area (Å²) >= 11 is 0. The number of anilines is 1. The fourth-order valence-corrected chi connectivity index (χ4v) is 3.52. The molecule has 0 saturated carbocycles. The number of aryl methyl sites for hydroxylation is 1. The standard InChI is InChI=1S/C22H24N4O/c1-17-6-7-20(25-10-2-3-11-25)19(14-17)22(27)24-16-18-8-9-23-21(15-18)26-12-4-5-13-26/h2-3,6-11,14-15H,4-5,12-13,16H2,1H3,(H,24,27). The van der Waals surface area contributed by atoms with Crippen LogP contribution in [0.15, 0.2) is 61.1 Å². The Hall–Kier alpha value is -3.08. The van der Waals surface area contributed by atoms with Gasteiger partial charge in [-0.25, -0.2) is 4.98 Å². The number of hydrogen-bond donors (Lipinski definition) is 1. The number of benzene rings is 1. The number of nitrogens with one attached hydrogen (secondary N) is 1. The Morgan fingerprint density at radius 3 is 2.67 bits per heavy atom. The summed E-state index contributed by atoms with van der Waals surface area (Å²) in [4.78, 5) is 19.7. The van der Waals surface area contributed by atoms with Crippen LogP contribution in [-0.2, 0) is 6.54 Å². The number of nitrogens with zero attached hydrogens (tertiary/aromatic N) is 3. The topological polar surface area (TPSA) is 50.2 Å². The van der Waals surface area contributed by atoms with E-state index in [0.717, 1.165) is 35.7 Å². The third-order valence-electron chi connectivity index (χ3n) is 4.97. The number of carbonyl (C=O) groups excluding carboxylic acids is 1. The molecule has 1 aromatic carbocycles. The molecule has 3 aromatic rings. The maximum atomic E-state index is 12.9. The third-order valence-corrected chi connectivity index (χ3v) is 4.97. The molecule has 0 aliphatic carbocycles. The predicted molar refractivity (Wildman–Crippen MR) is 107 cm³/mol. The SMILES string of the molecule is Cc1ccc(-n2cccc2)c(C(=O)NCc2ccnc(N3CCCC3)c2)c1. The lowest BCUT2D eigenvalue weighted by Gasteiger charge is -2.17. The van der Waals surface area contributed by atoms with E-state index in [1.54, 1.807) is 0 Å². The van der Waals surface area contributed by atoms with E-state index < -0.39 is 0 Å². The van der Waals surface area contributed by atoms with E-state index in [1.807, 2.05) is 66.5 Å². The van der Waals surface area contributed by atoms with Crippen LogP contribution in [0.3, 0.4) is 0 Å². The minimum Gasteiger partial charge on any atom is -0.357 e. The second-order valence-electron chi connectivity index (χ2n) is 7.01. The van der Waals surface area contributed by atoms with Crippen LogP contribution in [0.5, 0.6) is 0 Å². The third kappa shape index (κ3) is 3.87. The highest BCUT2D eigenvalue weighted by Gasteiger charge is 2.15. The zero-order valence-corrected chi connectivity index (χ0v) is 15.6. The molecular formula is C22H24N4O. The highest BCUT2D eigenvalue weighted by Crippen LogP contribution is 2.19. The largest absolute Gasteiger partial charge is 0.357 e. The lowest BCUT2D eigenvalue weighted by Crippen LogP contribution is -2.25. The van der Waals surface area contributed by atoms with Crippen molar-refractivity contribution < 1.29 is 4.79 Å². The summed E-state index contributed by atoms with van der Waals surface area (Å²) in [5.41, 5.74) is 3.70. The Morgan fingerprint density at radius 2 is 1.89 bits per heavy atom. The van der Waals surface area contributed by atoms with Gasteiger partial charge in [-0.3, -0.25) is 4.79 Å². The van der Waals surface area contributed by atoms with Crippen LogP contribution < -0.4 is 10.2 Å². The summed E-state index contributed by atoms with van der Waals surface area (Å²) in [6, 6.07) is 13.9. The average molecular weight is 360 g/mol. The van der Waals surface area contributed by atoms with E-state index in [0.29, 0.717) is 12.1 Å². The first-order valence-corrected chi connectivity index (χ1v) is 9.43. The Balaban J connectivity index is 1.50. The summed E-state index contributed by atoms with van der Waals surface area (Å²) < 4.78 is 1.96. The molecule has 5 nitrogen and oxygen atoms in total. The summed E-state index contributed by atoms with van der Waals surface area (Å²) in [5.74, 6) is 0.935. The van der Waals surface area contributed by atoms with Crippen molar-refractivity contribution in [2.75, 3.05) is 18.0 Å². The van der Waals surface area contributed by atoms with Crippen LogP contribution in [0.2, 0.25) is 0 Å². The zero-order valence-electron chi connectivity index (χ0n) is 15.6. The Morgan fingerprint density at radius 1 is 1.11 bits per heavy atom. The van der Waals surface area contributed by atoms with E-state index in [-0.39, 0.29) is 5.91 Å². The highest BCUT2D eigenvalue weighted by atomic mass is 16.1. The highest BCUT2D eigenvalue weighted by molar-refractivity contribution is 5.98. The van der Waals surface area contributed by atoms with Gasteiger partial charge in [0.05, 0.1) is 11.3 Å². The molecule has 4 rings (SSSR count). The van der Waals surface area contributed by atoms with E-state index in [1.165, 1.54) is 12.8 Å². The normalized spacial score (nSPS) is 13.7. The fourth-order valence-electron chi connectivity index (χ4n) is 3.52. The second-order valence-corrected chi connectivity index (χ2v) is 7.01. The molecule has 5 heteroatoms. The summed E-state index contributed by atoms with van der Waals surface area (Å²) in [5, 5.41) is 3.06. The van der Waals surface area contributed by atoms with Crippen LogP contribution >= 0.6 is 0 Å². The van der Waals surface area contributed by atoms with Gasteiger partial charge in [0.15, 0.2) is 0 Å². The first-order chi connectivity index (χ1) is 13.2. The lowest BCUT2D eigenvalue weighted by atomic mass is 10.1. The monoisotopic (exact) mass is 360 g/mol. The molecule has 0 atom stereocenters. The summed E-state index contributed by atoms with van der Waals surface area (Å²) in [7, 11) is 0. The predicted octanol–water partition coefficient (Wildman–Crippen LogP) is 3.71. The van der Waals surface area contributed by atoms with Crippen molar-refractivity contribution in [1.29, 1.82) is 0 Å². The van der Waals surface area contributed by atoms with Gasteiger partial charge in [-0.15, -0.1) is 0 Å². The second kappa shape index (κ2) is 7.66. The molecule has 0 bridgehead atoms. The van der Waals surface area contributed by atoms with Gasteiger partial charge in [0.25, 0.3) is 5.91 Å². The minimum absolute atomic E-state index is 0.0677. The van der Waals surface area contributed by atoms with Crippen molar-refractivity contribution >= 4 is 11.7 Å². The molecule has 1 amide bonds. The minimum atomic E-state index is -0.0677. The molecule has 1 aliphatic heterocycles. The van der Waals surface area contributed by atoms with Gasteiger partial charge < -0.3 is 14.8 Å². The van der Waals surface area contributed by atoms with Crippen molar-refractivity contribution in [3.05, 3.63) is 77.7 Å². The van der Waals surface area contributed by atoms with Crippen molar-refractivity contribution in [2.45, 2.75) is 26.3 Å². The van der Waals surface area contributed by atoms with Crippen LogP contribution in [-0.4, -0.2) is 28.5 Å².